The maximum absolute atomic E-state index is 13.4. The van der Waals surface area contributed by atoms with E-state index in [0.717, 1.165) is 19.2 Å². The van der Waals surface area contributed by atoms with Gasteiger partial charge >= 0.3 is 0 Å². The summed E-state index contributed by atoms with van der Waals surface area (Å²) in [5.74, 6) is -1.40. The van der Waals surface area contributed by atoms with Gasteiger partial charge in [-0.3, -0.25) is 4.18 Å². The van der Waals surface area contributed by atoms with E-state index in [4.69, 9.17) is 6.42 Å². The number of hydrogen-bond donors (Lipinski definition) is 0. The molecule has 92 valence electrons. The smallest absolute Gasteiger partial charge is 0.299 e. The quantitative estimate of drug-likeness (QED) is 0.606. The van der Waals surface area contributed by atoms with E-state index < -0.39 is 32.4 Å². The van der Waals surface area contributed by atoms with Gasteiger partial charge in [0.15, 0.2) is 11.6 Å². The summed E-state index contributed by atoms with van der Waals surface area (Å²) in [5, 5.41) is 0. The third kappa shape index (κ3) is 2.72. The highest BCUT2D eigenvalue weighted by molar-refractivity contribution is 7.86. The molecular formula is C10H8F2O4S. The standard InChI is InChI=1S/C10H8F2O4S/c1-3-6-16-7-4-5-8(10(12)9(7)11)17(13,14)15-2/h1,4-5H,6H2,2H3. The highest BCUT2D eigenvalue weighted by atomic mass is 32.2. The predicted octanol–water partition coefficient (Wildman–Crippen LogP) is 1.31. The fourth-order valence-electron chi connectivity index (χ4n) is 1.03. The van der Waals surface area contributed by atoms with Crippen molar-refractivity contribution in [3.63, 3.8) is 0 Å². The summed E-state index contributed by atoms with van der Waals surface area (Å²) in [7, 11) is -3.46. The van der Waals surface area contributed by atoms with Crippen LogP contribution in [-0.2, 0) is 14.3 Å². The SMILES string of the molecule is C#CCOc1ccc(S(=O)(=O)OC)c(F)c1F. The van der Waals surface area contributed by atoms with Crippen molar-refractivity contribution in [2.75, 3.05) is 13.7 Å². The topological polar surface area (TPSA) is 52.6 Å². The van der Waals surface area contributed by atoms with Crippen molar-refractivity contribution in [2.24, 2.45) is 0 Å². The van der Waals surface area contributed by atoms with Crippen molar-refractivity contribution >= 4 is 10.1 Å². The largest absolute Gasteiger partial charge is 0.478 e. The first-order valence-corrected chi connectivity index (χ1v) is 5.69. The Kier molecular flexibility index (Phi) is 4.04. The Morgan fingerprint density at radius 1 is 1.35 bits per heavy atom. The molecule has 1 aromatic carbocycles. The van der Waals surface area contributed by atoms with Gasteiger partial charge in [-0.05, 0) is 12.1 Å². The molecule has 0 aliphatic heterocycles. The molecular weight excluding hydrogens is 254 g/mol. The van der Waals surface area contributed by atoms with Crippen LogP contribution in [0.3, 0.4) is 0 Å². The lowest BCUT2D eigenvalue weighted by molar-refractivity contribution is 0.333. The van der Waals surface area contributed by atoms with Crippen LogP contribution in [0.15, 0.2) is 17.0 Å². The van der Waals surface area contributed by atoms with Gasteiger partial charge in [0.05, 0.1) is 7.11 Å². The molecule has 17 heavy (non-hydrogen) atoms. The van der Waals surface area contributed by atoms with Gasteiger partial charge in [-0.1, -0.05) is 5.92 Å². The molecule has 0 N–H and O–H groups in total. The molecule has 0 amide bonds. The van der Waals surface area contributed by atoms with Gasteiger partial charge in [0.2, 0.25) is 5.82 Å². The van der Waals surface area contributed by atoms with Gasteiger partial charge in [-0.15, -0.1) is 6.42 Å². The summed E-state index contributed by atoms with van der Waals surface area (Å²) in [5.41, 5.74) is 0. The van der Waals surface area contributed by atoms with Crippen LogP contribution in [0.5, 0.6) is 5.75 Å². The number of ether oxygens (including phenoxy) is 1. The third-order valence-electron chi connectivity index (χ3n) is 1.81. The minimum Gasteiger partial charge on any atom is -0.478 e. The molecule has 4 nitrogen and oxygen atoms in total. The minimum atomic E-state index is -4.30. The molecule has 0 unspecified atom stereocenters. The van der Waals surface area contributed by atoms with Crippen LogP contribution in [0.25, 0.3) is 0 Å². The molecule has 0 heterocycles. The van der Waals surface area contributed by atoms with E-state index in [-0.39, 0.29) is 6.61 Å². The first kappa shape index (κ1) is 13.4. The first-order chi connectivity index (χ1) is 7.94. The molecule has 0 bridgehead atoms. The Bertz CT molecular complexity index is 560. The zero-order chi connectivity index (χ0) is 13.1. The van der Waals surface area contributed by atoms with Gasteiger partial charge < -0.3 is 4.74 Å². The molecule has 0 radical (unpaired) electrons. The summed E-state index contributed by atoms with van der Waals surface area (Å²) in [4.78, 5) is -0.898. The van der Waals surface area contributed by atoms with Gasteiger partial charge in [0.1, 0.15) is 11.5 Å². The minimum absolute atomic E-state index is 0.257. The van der Waals surface area contributed by atoms with Gasteiger partial charge in [-0.2, -0.15) is 12.8 Å². The Morgan fingerprint density at radius 2 is 2.00 bits per heavy atom. The van der Waals surface area contributed by atoms with Crippen molar-refractivity contribution in [1.29, 1.82) is 0 Å². The fraction of sp³-hybridized carbons (Fsp3) is 0.200. The summed E-state index contributed by atoms with van der Waals surface area (Å²) in [6.45, 7) is -0.257. The highest BCUT2D eigenvalue weighted by Gasteiger charge is 2.24. The van der Waals surface area contributed by atoms with Crippen LogP contribution in [-0.4, -0.2) is 22.1 Å². The Hall–Kier alpha value is -1.65. The van der Waals surface area contributed by atoms with Crippen molar-refractivity contribution in [3.05, 3.63) is 23.8 Å². The van der Waals surface area contributed by atoms with E-state index in [1.165, 1.54) is 0 Å². The number of hydrogen-bond acceptors (Lipinski definition) is 4. The number of benzene rings is 1. The zero-order valence-electron chi connectivity index (χ0n) is 8.74. The van der Waals surface area contributed by atoms with Crippen LogP contribution >= 0.6 is 0 Å². The zero-order valence-corrected chi connectivity index (χ0v) is 9.55. The Balaban J connectivity index is 3.26. The molecule has 0 aliphatic rings. The van der Waals surface area contributed by atoms with Crippen LogP contribution in [0.2, 0.25) is 0 Å². The Morgan fingerprint density at radius 3 is 2.53 bits per heavy atom. The maximum atomic E-state index is 13.4. The van der Waals surface area contributed by atoms with Crippen LogP contribution in [0.1, 0.15) is 0 Å². The molecule has 0 spiro atoms. The Labute approximate surface area is 97.3 Å². The molecule has 0 aromatic heterocycles. The summed E-state index contributed by atoms with van der Waals surface area (Å²) in [6.07, 6.45) is 4.88. The van der Waals surface area contributed by atoms with Crippen LogP contribution in [0.4, 0.5) is 8.78 Å². The fourth-order valence-corrected chi connectivity index (χ4v) is 1.75. The second kappa shape index (κ2) is 5.12. The molecule has 0 saturated heterocycles. The predicted molar refractivity (Wildman–Crippen MR) is 54.9 cm³/mol. The van der Waals surface area contributed by atoms with Crippen molar-refractivity contribution in [1.82, 2.24) is 0 Å². The lowest BCUT2D eigenvalue weighted by Crippen LogP contribution is -2.08. The number of rotatable bonds is 4. The summed E-state index contributed by atoms with van der Waals surface area (Å²) in [6, 6.07) is 1.80. The van der Waals surface area contributed by atoms with Crippen LogP contribution in [0, 0.1) is 24.0 Å². The summed E-state index contributed by atoms with van der Waals surface area (Å²) < 4.78 is 57.9. The average Bonchev–Trinajstić information content (AvgIpc) is 2.30. The second-order valence-corrected chi connectivity index (χ2v) is 4.48. The number of halogens is 2. The van der Waals surface area contributed by atoms with E-state index in [0.29, 0.717) is 0 Å². The lowest BCUT2D eigenvalue weighted by Gasteiger charge is -2.07. The molecule has 0 fully saturated rings. The van der Waals surface area contributed by atoms with E-state index >= 15 is 0 Å². The van der Waals surface area contributed by atoms with Crippen molar-refractivity contribution in [2.45, 2.75) is 4.90 Å². The first-order valence-electron chi connectivity index (χ1n) is 4.29. The maximum Gasteiger partial charge on any atom is 0.299 e. The monoisotopic (exact) mass is 262 g/mol. The highest BCUT2D eigenvalue weighted by Crippen LogP contribution is 2.26. The van der Waals surface area contributed by atoms with Crippen molar-refractivity contribution < 1.29 is 26.1 Å². The lowest BCUT2D eigenvalue weighted by atomic mass is 10.3. The second-order valence-electron chi connectivity index (χ2n) is 2.80. The number of terminal acetylenes is 1. The van der Waals surface area contributed by atoms with E-state index in [9.17, 15) is 17.2 Å². The van der Waals surface area contributed by atoms with E-state index in [1.807, 2.05) is 0 Å². The summed E-state index contributed by atoms with van der Waals surface area (Å²) >= 11 is 0. The van der Waals surface area contributed by atoms with E-state index in [1.54, 1.807) is 0 Å². The third-order valence-corrected chi connectivity index (χ3v) is 3.10. The van der Waals surface area contributed by atoms with Crippen LogP contribution < -0.4 is 4.74 Å². The van der Waals surface area contributed by atoms with Gasteiger partial charge in [0.25, 0.3) is 10.1 Å². The molecule has 1 rings (SSSR count). The van der Waals surface area contributed by atoms with Gasteiger partial charge in [-0.25, -0.2) is 4.39 Å². The molecule has 0 atom stereocenters. The average molecular weight is 262 g/mol. The molecule has 0 aliphatic carbocycles. The molecule has 7 heteroatoms. The van der Waals surface area contributed by atoms with Crippen molar-refractivity contribution in [3.8, 4) is 18.1 Å². The molecule has 1 aromatic rings. The normalized spacial score (nSPS) is 10.9. The van der Waals surface area contributed by atoms with E-state index in [2.05, 4.69) is 14.8 Å². The molecule has 0 saturated carbocycles. The van der Waals surface area contributed by atoms with Gasteiger partial charge in [0, 0.05) is 0 Å².